The Morgan fingerprint density at radius 1 is 1.33 bits per heavy atom. The fraction of sp³-hybridized carbons (Fsp3) is 0.583. The Labute approximate surface area is 106 Å². The van der Waals surface area contributed by atoms with Gasteiger partial charge in [0.25, 0.3) is 5.91 Å². The number of carboxylic acid groups (broad SMARTS) is 1. The van der Waals surface area contributed by atoms with Crippen LogP contribution in [0.2, 0.25) is 0 Å². The van der Waals surface area contributed by atoms with Crippen LogP contribution in [-0.2, 0) is 4.79 Å². The Bertz CT molecular complexity index is 438. The number of amides is 1. The maximum atomic E-state index is 11.9. The van der Waals surface area contributed by atoms with Gasteiger partial charge in [0.05, 0.1) is 11.8 Å². The predicted octanol–water partition coefficient (Wildman–Crippen LogP) is 1.30. The predicted molar refractivity (Wildman–Crippen MR) is 66.3 cm³/mol. The van der Waals surface area contributed by atoms with Crippen LogP contribution >= 0.6 is 0 Å². The number of carbonyl (C=O) groups is 2. The zero-order chi connectivity index (χ0) is 13.9. The van der Waals surface area contributed by atoms with Crippen molar-refractivity contribution >= 4 is 11.9 Å². The van der Waals surface area contributed by atoms with E-state index in [0.29, 0.717) is 5.56 Å². The summed E-state index contributed by atoms with van der Waals surface area (Å²) in [5, 5.41) is 15.5. The van der Waals surface area contributed by atoms with E-state index in [2.05, 4.69) is 10.4 Å². The van der Waals surface area contributed by atoms with E-state index in [1.165, 1.54) is 6.20 Å². The van der Waals surface area contributed by atoms with Gasteiger partial charge >= 0.3 is 5.97 Å². The first-order valence-corrected chi connectivity index (χ1v) is 5.90. The lowest BCUT2D eigenvalue weighted by Gasteiger charge is -2.17. The molecule has 2 N–H and O–H groups in total. The van der Waals surface area contributed by atoms with Gasteiger partial charge in [0.15, 0.2) is 0 Å². The van der Waals surface area contributed by atoms with E-state index in [4.69, 9.17) is 5.11 Å². The monoisotopic (exact) mass is 253 g/mol. The molecule has 6 nitrogen and oxygen atoms in total. The highest BCUT2D eigenvalue weighted by molar-refractivity contribution is 5.96. The van der Waals surface area contributed by atoms with Crippen molar-refractivity contribution in [3.63, 3.8) is 0 Å². The molecule has 0 aliphatic heterocycles. The van der Waals surface area contributed by atoms with Crippen molar-refractivity contribution < 1.29 is 14.7 Å². The summed E-state index contributed by atoms with van der Waals surface area (Å²) in [6.45, 7) is 7.39. The molecule has 0 bridgehead atoms. The van der Waals surface area contributed by atoms with Gasteiger partial charge in [-0.1, -0.05) is 13.8 Å². The van der Waals surface area contributed by atoms with Crippen molar-refractivity contribution in [1.82, 2.24) is 15.1 Å². The second-order valence-electron chi connectivity index (χ2n) is 4.84. The number of carboxylic acids is 1. The molecule has 100 valence electrons. The van der Waals surface area contributed by atoms with Crippen LogP contribution in [0.25, 0.3) is 0 Å². The van der Waals surface area contributed by atoms with Crippen molar-refractivity contribution in [2.45, 2.75) is 39.8 Å². The first kappa shape index (κ1) is 14.2. The number of rotatable bonds is 5. The maximum absolute atomic E-state index is 11.9. The van der Waals surface area contributed by atoms with Crippen molar-refractivity contribution in [2.75, 3.05) is 0 Å². The van der Waals surface area contributed by atoms with Gasteiger partial charge in [-0.2, -0.15) is 5.10 Å². The molecule has 0 aliphatic rings. The van der Waals surface area contributed by atoms with Crippen LogP contribution < -0.4 is 5.32 Å². The zero-order valence-corrected chi connectivity index (χ0v) is 11.0. The Morgan fingerprint density at radius 3 is 2.33 bits per heavy atom. The number of hydrogen-bond donors (Lipinski definition) is 2. The van der Waals surface area contributed by atoms with E-state index in [1.54, 1.807) is 24.7 Å². The molecule has 18 heavy (non-hydrogen) atoms. The molecule has 1 rings (SSSR count). The third-order valence-electron chi connectivity index (χ3n) is 2.61. The topological polar surface area (TPSA) is 84.2 Å². The number of carbonyl (C=O) groups excluding carboxylic acids is 1. The highest BCUT2D eigenvalue weighted by Crippen LogP contribution is 2.07. The highest BCUT2D eigenvalue weighted by Gasteiger charge is 2.24. The normalized spacial score (nSPS) is 12.8. The molecular weight excluding hydrogens is 234 g/mol. The lowest BCUT2D eigenvalue weighted by atomic mass is 10.0. The Hall–Kier alpha value is -1.85. The van der Waals surface area contributed by atoms with Gasteiger partial charge in [-0.15, -0.1) is 0 Å². The van der Waals surface area contributed by atoms with Gasteiger partial charge in [0.1, 0.15) is 6.04 Å². The van der Waals surface area contributed by atoms with Crippen LogP contribution in [0.1, 0.15) is 44.1 Å². The lowest BCUT2D eigenvalue weighted by molar-refractivity contribution is -0.140. The van der Waals surface area contributed by atoms with Gasteiger partial charge in [0, 0.05) is 12.2 Å². The summed E-state index contributed by atoms with van der Waals surface area (Å²) in [5.74, 6) is -1.62. The fourth-order valence-electron chi connectivity index (χ4n) is 1.48. The lowest BCUT2D eigenvalue weighted by Crippen LogP contribution is -2.44. The number of hydrogen-bond acceptors (Lipinski definition) is 3. The largest absolute Gasteiger partial charge is 0.480 e. The van der Waals surface area contributed by atoms with Crippen LogP contribution in [0.15, 0.2) is 12.4 Å². The highest BCUT2D eigenvalue weighted by atomic mass is 16.4. The minimum absolute atomic E-state index is 0.159. The van der Waals surface area contributed by atoms with E-state index in [1.807, 2.05) is 13.8 Å². The van der Waals surface area contributed by atoms with Crippen molar-refractivity contribution in [2.24, 2.45) is 5.92 Å². The molecule has 1 amide bonds. The standard InChI is InChI=1S/C12H19N3O3/c1-7(2)10(12(17)18)14-11(16)9-5-13-15(6-9)8(3)4/h5-8,10H,1-4H3,(H,14,16)(H,17,18)/t10-/m1/s1. The summed E-state index contributed by atoms with van der Waals surface area (Å²) in [6, 6.07) is -0.730. The third kappa shape index (κ3) is 3.32. The number of nitrogens with one attached hydrogen (secondary N) is 1. The molecule has 6 heteroatoms. The fourth-order valence-corrected chi connectivity index (χ4v) is 1.48. The van der Waals surface area contributed by atoms with Crippen LogP contribution in [0.4, 0.5) is 0 Å². The molecule has 1 aromatic rings. The van der Waals surface area contributed by atoms with Gasteiger partial charge in [-0.05, 0) is 19.8 Å². The summed E-state index contributed by atoms with van der Waals surface area (Å²) in [4.78, 5) is 22.9. The summed E-state index contributed by atoms with van der Waals surface area (Å²) < 4.78 is 1.65. The van der Waals surface area contributed by atoms with E-state index in [0.717, 1.165) is 0 Å². The molecular formula is C12H19N3O3. The third-order valence-corrected chi connectivity index (χ3v) is 2.61. The van der Waals surface area contributed by atoms with Gasteiger partial charge in [-0.25, -0.2) is 4.79 Å². The molecule has 0 spiro atoms. The molecule has 1 aromatic heterocycles. The van der Waals surface area contributed by atoms with Crippen LogP contribution in [-0.4, -0.2) is 32.8 Å². The molecule has 0 radical (unpaired) electrons. The second-order valence-corrected chi connectivity index (χ2v) is 4.84. The minimum atomic E-state index is -1.03. The van der Waals surface area contributed by atoms with E-state index >= 15 is 0 Å². The van der Waals surface area contributed by atoms with Crippen LogP contribution in [0.5, 0.6) is 0 Å². The molecule has 0 saturated heterocycles. The summed E-state index contributed by atoms with van der Waals surface area (Å²) in [5.41, 5.74) is 0.371. The minimum Gasteiger partial charge on any atom is -0.480 e. The van der Waals surface area contributed by atoms with E-state index < -0.39 is 17.9 Å². The summed E-state index contributed by atoms with van der Waals surface area (Å²) in [7, 11) is 0. The van der Waals surface area contributed by atoms with Crippen LogP contribution in [0.3, 0.4) is 0 Å². The average molecular weight is 253 g/mol. The first-order chi connectivity index (χ1) is 8.32. The molecule has 0 fully saturated rings. The Kier molecular flexibility index (Phi) is 4.47. The second kappa shape index (κ2) is 5.66. The Balaban J connectivity index is 2.77. The smallest absolute Gasteiger partial charge is 0.326 e. The number of aliphatic carboxylic acids is 1. The maximum Gasteiger partial charge on any atom is 0.326 e. The van der Waals surface area contributed by atoms with E-state index in [9.17, 15) is 9.59 Å². The average Bonchev–Trinajstić information content (AvgIpc) is 2.73. The van der Waals surface area contributed by atoms with Crippen molar-refractivity contribution in [1.29, 1.82) is 0 Å². The molecule has 0 aromatic carbocycles. The molecule has 0 saturated carbocycles. The SMILES string of the molecule is CC(C)[C@@H](NC(=O)c1cnn(C(C)C)c1)C(=O)O. The molecule has 0 aliphatic carbocycles. The Morgan fingerprint density at radius 2 is 1.94 bits per heavy atom. The van der Waals surface area contributed by atoms with Gasteiger partial charge in [0.2, 0.25) is 0 Å². The van der Waals surface area contributed by atoms with Gasteiger partial charge in [-0.3, -0.25) is 9.48 Å². The number of nitrogens with zero attached hydrogens (tertiary/aromatic N) is 2. The molecule has 0 unspecified atom stereocenters. The van der Waals surface area contributed by atoms with Crippen molar-refractivity contribution in [3.05, 3.63) is 18.0 Å². The van der Waals surface area contributed by atoms with Crippen LogP contribution in [0, 0.1) is 5.92 Å². The van der Waals surface area contributed by atoms with E-state index in [-0.39, 0.29) is 12.0 Å². The molecule has 1 atom stereocenters. The zero-order valence-electron chi connectivity index (χ0n) is 11.0. The first-order valence-electron chi connectivity index (χ1n) is 5.90. The quantitative estimate of drug-likeness (QED) is 0.828. The summed E-state index contributed by atoms with van der Waals surface area (Å²) in [6.07, 6.45) is 3.05. The number of aromatic nitrogens is 2. The van der Waals surface area contributed by atoms with Crippen molar-refractivity contribution in [3.8, 4) is 0 Å². The van der Waals surface area contributed by atoms with Gasteiger partial charge < -0.3 is 10.4 Å². The summed E-state index contributed by atoms with van der Waals surface area (Å²) >= 11 is 0. The molecule has 1 heterocycles.